The van der Waals surface area contributed by atoms with Crippen molar-refractivity contribution in [3.05, 3.63) is 82.9 Å². The Kier molecular flexibility index (Phi) is 14.5. The molecule has 0 heterocycles. The molecule has 1 aliphatic carbocycles. The molecule has 0 fully saturated rings. The molecule has 12 heteroatoms. The first-order valence-corrected chi connectivity index (χ1v) is 18.4. The van der Waals surface area contributed by atoms with Gasteiger partial charge in [0.1, 0.15) is 17.5 Å². The lowest BCUT2D eigenvalue weighted by atomic mass is 9.88. The van der Waals surface area contributed by atoms with E-state index in [1.54, 1.807) is 45.0 Å². The van der Waals surface area contributed by atoms with Gasteiger partial charge in [-0.25, -0.2) is 4.79 Å². The van der Waals surface area contributed by atoms with Crippen LogP contribution in [0.2, 0.25) is 0 Å². The predicted molar refractivity (Wildman–Crippen MR) is 210 cm³/mol. The number of nitrogens with one attached hydrogen (secondary N) is 2. The molecule has 0 aliphatic heterocycles. The van der Waals surface area contributed by atoms with Crippen molar-refractivity contribution in [1.82, 2.24) is 5.32 Å². The summed E-state index contributed by atoms with van der Waals surface area (Å²) in [5.41, 5.74) is 3.02. The van der Waals surface area contributed by atoms with E-state index in [0.29, 0.717) is 58.2 Å². The van der Waals surface area contributed by atoms with Crippen molar-refractivity contribution in [3.8, 4) is 23.0 Å². The minimum Gasteiger partial charge on any atom is -0.495 e. The number of Topliss-reactive ketones (excluding diaryl/α,β-unsaturated/α-hetero) is 1. The summed E-state index contributed by atoms with van der Waals surface area (Å²) in [7, 11) is 6.06. The molecule has 3 unspecified atom stereocenters. The summed E-state index contributed by atoms with van der Waals surface area (Å²) in [4.78, 5) is 53.8. The van der Waals surface area contributed by atoms with Crippen molar-refractivity contribution in [3.63, 3.8) is 0 Å². The lowest BCUT2D eigenvalue weighted by Crippen LogP contribution is -2.50. The van der Waals surface area contributed by atoms with E-state index >= 15 is 0 Å². The molecule has 2 amide bonds. The van der Waals surface area contributed by atoms with Crippen molar-refractivity contribution in [2.75, 3.05) is 33.8 Å². The van der Waals surface area contributed by atoms with Crippen LogP contribution in [0.15, 0.2) is 60.7 Å². The van der Waals surface area contributed by atoms with Crippen molar-refractivity contribution < 1.29 is 48.0 Å². The van der Waals surface area contributed by atoms with Gasteiger partial charge in [-0.2, -0.15) is 0 Å². The van der Waals surface area contributed by atoms with E-state index in [2.05, 4.69) is 10.6 Å². The highest BCUT2D eigenvalue weighted by Crippen LogP contribution is 2.47. The van der Waals surface area contributed by atoms with Gasteiger partial charge in [-0.1, -0.05) is 50.2 Å². The summed E-state index contributed by atoms with van der Waals surface area (Å²) < 4.78 is 28.1. The number of hydrogen-bond acceptors (Lipinski definition) is 10. The average molecular weight is 759 g/mol. The molecule has 0 saturated heterocycles. The van der Waals surface area contributed by atoms with E-state index in [-0.39, 0.29) is 31.0 Å². The van der Waals surface area contributed by atoms with Crippen LogP contribution in [-0.4, -0.2) is 74.9 Å². The number of hydrogen-bond donors (Lipinski definition) is 3. The Morgan fingerprint density at radius 2 is 1.53 bits per heavy atom. The predicted octanol–water partition coefficient (Wildman–Crippen LogP) is 6.72. The Labute approximate surface area is 323 Å². The molecule has 12 nitrogen and oxygen atoms in total. The standard InChI is InChI=1S/C43H54N2O10/c1-25(2)19-28(22-35(47)38(48)34(20-26-13-11-10-12-14-26)45-42(50)55-43(3,4)5)41(49)44-33-21-27(15-18-36(33)51-6)31-23-29(46)16-17-30-32(31)24-37(52-7)40(54-9)39(30)53-8/h10-15,18,21,23-25,28,34,38,48H,16-17,19-20,22H2,1-9H3,(H,44,49)(H,45,50). The fraction of sp³-hybridized carbons (Fsp3) is 0.442. The zero-order chi connectivity index (χ0) is 40.4. The fourth-order valence-electron chi connectivity index (χ4n) is 6.72. The van der Waals surface area contributed by atoms with Crippen LogP contribution in [-0.2, 0) is 32.0 Å². The highest BCUT2D eigenvalue weighted by atomic mass is 16.6. The van der Waals surface area contributed by atoms with Gasteiger partial charge in [0.05, 0.1) is 40.2 Å². The van der Waals surface area contributed by atoms with Crippen LogP contribution < -0.4 is 29.6 Å². The average Bonchev–Trinajstić information content (AvgIpc) is 3.30. The lowest BCUT2D eigenvalue weighted by molar-refractivity contribution is -0.133. The molecule has 3 N–H and O–H groups in total. The number of anilines is 1. The number of ketones is 2. The number of rotatable bonds is 16. The number of aliphatic hydroxyl groups excluding tert-OH is 1. The van der Waals surface area contributed by atoms with Crippen LogP contribution in [0.25, 0.3) is 5.57 Å². The first kappa shape index (κ1) is 42.4. The summed E-state index contributed by atoms with van der Waals surface area (Å²) in [5.74, 6) is -0.284. The highest BCUT2D eigenvalue weighted by Gasteiger charge is 2.34. The Balaban J connectivity index is 1.65. The fourth-order valence-corrected chi connectivity index (χ4v) is 6.72. The minimum absolute atomic E-state index is 0.0227. The highest BCUT2D eigenvalue weighted by molar-refractivity contribution is 6.04. The third kappa shape index (κ3) is 11.1. The smallest absolute Gasteiger partial charge is 0.407 e. The van der Waals surface area contributed by atoms with Crippen molar-refractivity contribution in [1.29, 1.82) is 0 Å². The Hall–Kier alpha value is -5.36. The van der Waals surface area contributed by atoms with Crippen molar-refractivity contribution in [2.24, 2.45) is 11.8 Å². The number of aliphatic hydroxyl groups is 1. The second kappa shape index (κ2) is 18.8. The zero-order valence-corrected chi connectivity index (χ0v) is 33.2. The van der Waals surface area contributed by atoms with Crippen LogP contribution in [0, 0.1) is 11.8 Å². The molecule has 3 aromatic rings. The Morgan fingerprint density at radius 1 is 0.855 bits per heavy atom. The topological polar surface area (TPSA) is 159 Å². The van der Waals surface area contributed by atoms with Gasteiger partial charge in [0.25, 0.3) is 0 Å². The number of ether oxygens (including phenoxy) is 5. The maximum absolute atomic E-state index is 14.1. The number of amides is 2. The maximum Gasteiger partial charge on any atom is 0.407 e. The summed E-state index contributed by atoms with van der Waals surface area (Å²) in [5, 5.41) is 17.0. The van der Waals surface area contributed by atoms with Crippen LogP contribution in [0.5, 0.6) is 23.0 Å². The van der Waals surface area contributed by atoms with E-state index in [4.69, 9.17) is 23.7 Å². The van der Waals surface area contributed by atoms with E-state index in [1.807, 2.05) is 50.2 Å². The lowest BCUT2D eigenvalue weighted by Gasteiger charge is -2.27. The van der Waals surface area contributed by atoms with Gasteiger partial charge in [-0.15, -0.1) is 0 Å². The van der Waals surface area contributed by atoms with E-state index < -0.39 is 41.4 Å². The maximum atomic E-state index is 14.1. The summed E-state index contributed by atoms with van der Waals surface area (Å²) >= 11 is 0. The van der Waals surface area contributed by atoms with Crippen LogP contribution >= 0.6 is 0 Å². The van der Waals surface area contributed by atoms with Gasteiger partial charge in [0.2, 0.25) is 11.7 Å². The Bertz CT molecular complexity index is 1880. The summed E-state index contributed by atoms with van der Waals surface area (Å²) in [6.07, 6.45) is 0.0414. The first-order chi connectivity index (χ1) is 26.1. The molecule has 0 bridgehead atoms. The summed E-state index contributed by atoms with van der Waals surface area (Å²) in [6, 6.07) is 15.2. The first-order valence-electron chi connectivity index (χ1n) is 18.4. The number of methoxy groups -OCH3 is 4. The quantitative estimate of drug-likeness (QED) is 0.143. The van der Waals surface area contributed by atoms with Gasteiger partial charge >= 0.3 is 6.09 Å². The van der Waals surface area contributed by atoms with E-state index in [9.17, 15) is 24.3 Å². The van der Waals surface area contributed by atoms with Crippen molar-refractivity contribution >= 4 is 34.8 Å². The van der Waals surface area contributed by atoms with Gasteiger partial charge in [-0.05, 0) is 92.5 Å². The molecule has 0 radical (unpaired) electrons. The van der Waals surface area contributed by atoms with Gasteiger partial charge < -0.3 is 39.4 Å². The zero-order valence-electron chi connectivity index (χ0n) is 33.2. The molecule has 0 aromatic heterocycles. The molecule has 3 atom stereocenters. The van der Waals surface area contributed by atoms with Crippen LogP contribution in [0.1, 0.15) is 76.1 Å². The van der Waals surface area contributed by atoms with Crippen LogP contribution in [0.3, 0.4) is 0 Å². The van der Waals surface area contributed by atoms with Gasteiger partial charge in [-0.3, -0.25) is 14.4 Å². The third-order valence-electron chi connectivity index (χ3n) is 9.20. The number of fused-ring (bicyclic) bond motifs is 1. The second-order valence-corrected chi connectivity index (χ2v) is 15.0. The molecule has 3 aromatic carbocycles. The molecule has 0 spiro atoms. The summed E-state index contributed by atoms with van der Waals surface area (Å²) in [6.45, 7) is 9.04. The SMILES string of the molecule is COc1ccc(C2=CC(=O)CCc3c2cc(OC)c(OC)c3OC)cc1NC(=O)C(CC(=O)C(O)C(Cc1ccccc1)NC(=O)OC(C)(C)C)CC(C)C. The molecule has 55 heavy (non-hydrogen) atoms. The number of carbonyl (C=O) groups excluding carboxylic acids is 4. The van der Waals surface area contributed by atoms with E-state index in [0.717, 1.165) is 11.1 Å². The molecule has 0 saturated carbocycles. The van der Waals surface area contributed by atoms with Gasteiger partial charge in [0.15, 0.2) is 23.1 Å². The molecular weight excluding hydrogens is 704 g/mol. The molecular formula is C43H54N2O10. The largest absolute Gasteiger partial charge is 0.495 e. The van der Waals surface area contributed by atoms with Gasteiger partial charge in [0, 0.05) is 24.3 Å². The molecule has 1 aliphatic rings. The monoisotopic (exact) mass is 758 g/mol. The Morgan fingerprint density at radius 3 is 2.13 bits per heavy atom. The third-order valence-corrected chi connectivity index (χ3v) is 9.20. The second-order valence-electron chi connectivity index (χ2n) is 15.0. The van der Waals surface area contributed by atoms with E-state index in [1.165, 1.54) is 28.4 Å². The molecule has 296 valence electrons. The van der Waals surface area contributed by atoms with Crippen LogP contribution in [0.4, 0.5) is 10.5 Å². The number of carbonyl (C=O) groups is 4. The number of allylic oxidation sites excluding steroid dienone is 1. The molecule has 4 rings (SSSR count). The number of benzene rings is 3. The minimum atomic E-state index is -1.62. The van der Waals surface area contributed by atoms with Crippen molar-refractivity contribution in [2.45, 2.75) is 84.5 Å². The normalized spacial score (nSPS) is 14.4. The number of alkyl carbamates (subject to hydrolysis) is 1.